The zero-order valence-corrected chi connectivity index (χ0v) is 18.4. The van der Waals surface area contributed by atoms with Crippen molar-refractivity contribution in [3.8, 4) is 0 Å². The number of carboxylic acid groups (broad SMARTS) is 1. The lowest BCUT2D eigenvalue weighted by molar-refractivity contribution is -0.384. The number of rotatable bonds is 8. The Kier molecular flexibility index (Phi) is 6.60. The van der Waals surface area contributed by atoms with E-state index >= 15 is 0 Å². The minimum Gasteiger partial charge on any atom is -0.478 e. The van der Waals surface area contributed by atoms with E-state index in [9.17, 15) is 24.8 Å². The normalized spacial score (nSPS) is 13.6. The first-order chi connectivity index (χ1) is 15.9. The number of nitro groups is 1. The molecule has 0 aliphatic heterocycles. The van der Waals surface area contributed by atoms with Crippen LogP contribution in [0.1, 0.15) is 57.4 Å². The van der Waals surface area contributed by atoms with Crippen molar-refractivity contribution >= 4 is 46.7 Å². The fourth-order valence-corrected chi connectivity index (χ4v) is 4.36. The number of non-ortho nitro benzene ring substituents is 1. The van der Waals surface area contributed by atoms with Gasteiger partial charge in [-0.25, -0.2) is 9.78 Å². The van der Waals surface area contributed by atoms with Crippen molar-refractivity contribution in [2.45, 2.75) is 31.6 Å². The number of hydrogen-bond acceptors (Lipinski definition) is 6. The highest BCUT2D eigenvalue weighted by atomic mass is 32.1. The third-order valence-electron chi connectivity index (χ3n) is 5.54. The van der Waals surface area contributed by atoms with Crippen LogP contribution in [-0.2, 0) is 11.2 Å². The molecule has 2 N–H and O–H groups in total. The molecule has 168 valence electrons. The number of nitrogens with zero attached hydrogens (tertiary/aromatic N) is 2. The van der Waals surface area contributed by atoms with Gasteiger partial charge >= 0.3 is 5.97 Å². The summed E-state index contributed by atoms with van der Waals surface area (Å²) in [6.07, 6.45) is 7.35. The molecule has 1 heterocycles. The zero-order valence-electron chi connectivity index (χ0n) is 17.6. The predicted octanol–water partition coefficient (Wildman–Crippen LogP) is 5.37. The van der Waals surface area contributed by atoms with Crippen LogP contribution in [0.4, 0.5) is 11.4 Å². The molecule has 1 amide bonds. The average Bonchev–Trinajstić information content (AvgIpc) is 3.19. The van der Waals surface area contributed by atoms with Crippen LogP contribution in [0.5, 0.6) is 0 Å². The number of carbonyl (C=O) groups excluding carboxylic acids is 1. The average molecular weight is 464 g/mol. The van der Waals surface area contributed by atoms with Gasteiger partial charge in [0.2, 0.25) is 5.91 Å². The molecule has 0 saturated heterocycles. The summed E-state index contributed by atoms with van der Waals surface area (Å²) >= 11 is 1.61. The molecule has 1 saturated carbocycles. The Bertz CT molecular complexity index is 1250. The Labute approximate surface area is 193 Å². The Morgan fingerprint density at radius 1 is 1.21 bits per heavy atom. The Balaban J connectivity index is 1.42. The largest absolute Gasteiger partial charge is 0.478 e. The summed E-state index contributed by atoms with van der Waals surface area (Å²) in [5.74, 6) is -1.15. The number of hydrogen-bond donors (Lipinski definition) is 2. The fourth-order valence-electron chi connectivity index (χ4n) is 3.57. The minimum absolute atomic E-state index is 0.202. The Hall–Kier alpha value is -3.85. The predicted molar refractivity (Wildman–Crippen MR) is 126 cm³/mol. The van der Waals surface area contributed by atoms with Gasteiger partial charge in [-0.2, -0.15) is 0 Å². The monoisotopic (exact) mass is 463 g/mol. The summed E-state index contributed by atoms with van der Waals surface area (Å²) in [6.45, 7) is 0. The molecular weight excluding hydrogens is 442 g/mol. The molecule has 0 spiro atoms. The first kappa shape index (κ1) is 22.3. The van der Waals surface area contributed by atoms with Crippen molar-refractivity contribution < 1.29 is 19.6 Å². The molecule has 1 aromatic heterocycles. The van der Waals surface area contributed by atoms with Crippen molar-refractivity contribution in [2.24, 2.45) is 0 Å². The summed E-state index contributed by atoms with van der Waals surface area (Å²) in [5, 5.41) is 26.0. The van der Waals surface area contributed by atoms with Gasteiger partial charge in [-0.3, -0.25) is 14.9 Å². The number of aromatic carboxylic acids is 1. The fraction of sp³-hybridized carbons (Fsp3) is 0.208. The van der Waals surface area contributed by atoms with Crippen molar-refractivity contribution in [3.05, 3.63) is 85.4 Å². The number of nitro benzene ring substituents is 1. The van der Waals surface area contributed by atoms with E-state index in [0.717, 1.165) is 16.6 Å². The maximum atomic E-state index is 12.5. The molecule has 2 aromatic carbocycles. The number of amides is 1. The van der Waals surface area contributed by atoms with Crippen LogP contribution in [0.2, 0.25) is 0 Å². The van der Waals surface area contributed by atoms with Gasteiger partial charge in [0.15, 0.2) is 0 Å². The first-order valence-electron chi connectivity index (χ1n) is 10.4. The third-order valence-corrected chi connectivity index (χ3v) is 6.37. The van der Waals surface area contributed by atoms with E-state index in [2.05, 4.69) is 15.7 Å². The van der Waals surface area contributed by atoms with E-state index < -0.39 is 16.8 Å². The SMILES string of the molecule is O=C(Cc1ccc([N+](=O)[O-])cc1C(=O)O)Nc1cccc(/C=C/c2nc(C3CCC3)cs2)c1. The summed E-state index contributed by atoms with van der Waals surface area (Å²) < 4.78 is 0. The highest BCUT2D eigenvalue weighted by molar-refractivity contribution is 7.10. The number of anilines is 1. The van der Waals surface area contributed by atoms with Crippen molar-refractivity contribution in [1.29, 1.82) is 0 Å². The van der Waals surface area contributed by atoms with Crippen LogP contribution in [0, 0.1) is 10.1 Å². The summed E-state index contributed by atoms with van der Waals surface area (Å²) in [7, 11) is 0. The lowest BCUT2D eigenvalue weighted by Crippen LogP contribution is -2.16. The molecule has 1 aliphatic carbocycles. The summed E-state index contributed by atoms with van der Waals surface area (Å²) in [6, 6.07) is 10.7. The lowest BCUT2D eigenvalue weighted by Gasteiger charge is -2.22. The lowest BCUT2D eigenvalue weighted by atomic mass is 9.83. The highest BCUT2D eigenvalue weighted by Gasteiger charge is 2.21. The van der Waals surface area contributed by atoms with Crippen LogP contribution in [-0.4, -0.2) is 26.9 Å². The topological polar surface area (TPSA) is 122 Å². The van der Waals surface area contributed by atoms with Crippen LogP contribution in [0.15, 0.2) is 47.8 Å². The van der Waals surface area contributed by atoms with Gasteiger partial charge in [0.05, 0.1) is 22.6 Å². The van der Waals surface area contributed by atoms with E-state index in [0.29, 0.717) is 11.6 Å². The molecular formula is C24H21N3O5S. The van der Waals surface area contributed by atoms with Crippen LogP contribution < -0.4 is 5.32 Å². The summed E-state index contributed by atoms with van der Waals surface area (Å²) in [4.78, 5) is 38.9. The number of aromatic nitrogens is 1. The molecule has 0 radical (unpaired) electrons. The Morgan fingerprint density at radius 3 is 2.73 bits per heavy atom. The number of thiazole rings is 1. The molecule has 33 heavy (non-hydrogen) atoms. The van der Waals surface area contributed by atoms with E-state index in [1.54, 1.807) is 17.4 Å². The number of carboxylic acids is 1. The second-order valence-corrected chi connectivity index (χ2v) is 8.72. The van der Waals surface area contributed by atoms with E-state index in [1.165, 1.54) is 37.1 Å². The second kappa shape index (κ2) is 9.74. The molecule has 0 bridgehead atoms. The summed E-state index contributed by atoms with van der Waals surface area (Å²) in [5.41, 5.74) is 2.22. The molecule has 3 aromatic rings. The quantitative estimate of drug-likeness (QED) is 0.342. The van der Waals surface area contributed by atoms with Gasteiger partial charge in [0.25, 0.3) is 5.69 Å². The van der Waals surface area contributed by atoms with E-state index in [4.69, 9.17) is 0 Å². The second-order valence-electron chi connectivity index (χ2n) is 7.83. The van der Waals surface area contributed by atoms with Gasteiger partial charge in [-0.15, -0.1) is 11.3 Å². The van der Waals surface area contributed by atoms with Gasteiger partial charge in [-0.05, 0) is 42.2 Å². The molecule has 4 rings (SSSR count). The van der Waals surface area contributed by atoms with Gasteiger partial charge in [0, 0.05) is 29.1 Å². The maximum Gasteiger partial charge on any atom is 0.336 e. The molecule has 1 aliphatic rings. The Morgan fingerprint density at radius 2 is 2.03 bits per heavy atom. The molecule has 8 nitrogen and oxygen atoms in total. The minimum atomic E-state index is -1.32. The van der Waals surface area contributed by atoms with Crippen LogP contribution in [0.3, 0.4) is 0 Å². The molecule has 0 unspecified atom stereocenters. The molecule has 1 fully saturated rings. The highest BCUT2D eigenvalue weighted by Crippen LogP contribution is 2.36. The smallest absolute Gasteiger partial charge is 0.336 e. The van der Waals surface area contributed by atoms with Gasteiger partial charge in [0.1, 0.15) is 5.01 Å². The van der Waals surface area contributed by atoms with E-state index in [1.807, 2.05) is 30.4 Å². The van der Waals surface area contributed by atoms with Gasteiger partial charge < -0.3 is 10.4 Å². The molecule has 0 atom stereocenters. The number of benzene rings is 2. The van der Waals surface area contributed by atoms with E-state index in [-0.39, 0.29) is 23.2 Å². The third kappa shape index (κ3) is 5.50. The van der Waals surface area contributed by atoms with Crippen LogP contribution in [0.25, 0.3) is 12.2 Å². The zero-order chi connectivity index (χ0) is 23.4. The van der Waals surface area contributed by atoms with Crippen molar-refractivity contribution in [1.82, 2.24) is 4.98 Å². The van der Waals surface area contributed by atoms with Gasteiger partial charge in [-0.1, -0.05) is 30.7 Å². The maximum absolute atomic E-state index is 12.5. The standard InChI is InChI=1S/C24H21N3O5S/c28-22(12-17-8-9-19(27(31)32)13-20(17)24(29)30)25-18-6-1-3-15(11-18)7-10-23-26-21(14-33-23)16-4-2-5-16/h1,3,6-11,13-14,16H,2,4-5,12H2,(H,25,28)(H,29,30)/b10-7+. The van der Waals surface area contributed by atoms with Crippen molar-refractivity contribution in [3.63, 3.8) is 0 Å². The first-order valence-corrected chi connectivity index (χ1v) is 11.3. The number of nitrogens with one attached hydrogen (secondary N) is 1. The van der Waals surface area contributed by atoms with Crippen molar-refractivity contribution in [2.75, 3.05) is 5.32 Å². The molecule has 9 heteroatoms. The number of carbonyl (C=O) groups is 2. The van der Waals surface area contributed by atoms with Crippen LogP contribution >= 0.6 is 11.3 Å².